The van der Waals surface area contributed by atoms with Crippen LogP contribution in [0.2, 0.25) is 0 Å². The van der Waals surface area contributed by atoms with Crippen LogP contribution in [0.3, 0.4) is 0 Å². The molecule has 1 aromatic carbocycles. The predicted molar refractivity (Wildman–Crippen MR) is 93.2 cm³/mol. The second kappa shape index (κ2) is 6.70. The number of anilines is 1. The van der Waals surface area contributed by atoms with Gasteiger partial charge in [0.15, 0.2) is 12.3 Å². The van der Waals surface area contributed by atoms with Gasteiger partial charge in [0, 0.05) is 11.4 Å². The number of nitrogens with one attached hydrogen (secondary N) is 1. The van der Waals surface area contributed by atoms with Crippen LogP contribution in [-0.2, 0) is 4.79 Å². The van der Waals surface area contributed by atoms with Crippen molar-refractivity contribution in [3.63, 3.8) is 0 Å². The highest BCUT2D eigenvalue weighted by Crippen LogP contribution is 2.19. The van der Waals surface area contributed by atoms with Gasteiger partial charge in [-0.1, -0.05) is 17.7 Å². The van der Waals surface area contributed by atoms with E-state index in [1.807, 2.05) is 55.8 Å². The minimum absolute atomic E-state index is 0.0493. The van der Waals surface area contributed by atoms with Gasteiger partial charge in [-0.2, -0.15) is 5.10 Å². The summed E-state index contributed by atoms with van der Waals surface area (Å²) in [5.41, 5.74) is 2.58. The first-order valence-corrected chi connectivity index (χ1v) is 7.85. The number of hydrogen-bond donors (Lipinski definition) is 1. The second-order valence-electron chi connectivity index (χ2n) is 5.97. The molecule has 6 heteroatoms. The molecular weight excluding hydrogens is 304 g/mol. The van der Waals surface area contributed by atoms with Crippen LogP contribution in [0.1, 0.15) is 25.5 Å². The Morgan fingerprint density at radius 2 is 2.00 bits per heavy atom. The Kier molecular flexibility index (Phi) is 4.46. The Bertz CT molecular complexity index is 853. The number of amides is 1. The first-order valence-electron chi connectivity index (χ1n) is 7.85. The fourth-order valence-electron chi connectivity index (χ4n) is 2.37. The van der Waals surface area contributed by atoms with Crippen molar-refractivity contribution < 1.29 is 9.53 Å². The van der Waals surface area contributed by atoms with Crippen LogP contribution in [0, 0.1) is 6.92 Å². The van der Waals surface area contributed by atoms with E-state index in [-0.39, 0.29) is 18.6 Å². The van der Waals surface area contributed by atoms with Gasteiger partial charge in [-0.15, -0.1) is 0 Å². The number of fused-ring (bicyclic) bond motifs is 1. The highest BCUT2D eigenvalue weighted by Gasteiger charge is 2.09. The Morgan fingerprint density at radius 1 is 1.25 bits per heavy atom. The highest BCUT2D eigenvalue weighted by molar-refractivity contribution is 5.93. The Balaban J connectivity index is 1.63. The van der Waals surface area contributed by atoms with E-state index in [4.69, 9.17) is 4.74 Å². The van der Waals surface area contributed by atoms with Gasteiger partial charge in [-0.25, -0.2) is 9.67 Å². The lowest BCUT2D eigenvalue weighted by Gasteiger charge is -2.09. The monoisotopic (exact) mass is 324 g/mol. The molecule has 0 fully saturated rings. The average molecular weight is 324 g/mol. The summed E-state index contributed by atoms with van der Waals surface area (Å²) in [5, 5.41) is 8.00. The van der Waals surface area contributed by atoms with Crippen molar-refractivity contribution in [1.82, 2.24) is 14.8 Å². The SMILES string of the molecule is Cc1ccc(OCC(=O)Nc2cnc3c(cnn3C(C)C)c2)cc1. The quantitative estimate of drug-likeness (QED) is 0.781. The Labute approximate surface area is 140 Å². The summed E-state index contributed by atoms with van der Waals surface area (Å²) in [7, 11) is 0. The molecule has 3 aromatic rings. The minimum atomic E-state index is -0.229. The van der Waals surface area contributed by atoms with E-state index >= 15 is 0 Å². The molecule has 0 bridgehead atoms. The van der Waals surface area contributed by atoms with Crippen LogP contribution < -0.4 is 10.1 Å². The maximum atomic E-state index is 12.0. The minimum Gasteiger partial charge on any atom is -0.484 e. The molecule has 0 radical (unpaired) electrons. The number of carbonyl (C=O) groups excluding carboxylic acids is 1. The zero-order chi connectivity index (χ0) is 17.1. The zero-order valence-electron chi connectivity index (χ0n) is 14.0. The van der Waals surface area contributed by atoms with Crippen LogP contribution in [0.5, 0.6) is 5.75 Å². The predicted octanol–water partition coefficient (Wildman–Crippen LogP) is 3.34. The molecule has 0 aliphatic heterocycles. The summed E-state index contributed by atoms with van der Waals surface area (Å²) in [5.74, 6) is 0.440. The molecule has 0 unspecified atom stereocenters. The normalized spacial score (nSPS) is 11.0. The zero-order valence-corrected chi connectivity index (χ0v) is 14.0. The molecule has 2 aromatic heterocycles. The molecule has 3 rings (SSSR count). The Hall–Kier alpha value is -2.89. The van der Waals surface area contributed by atoms with Crippen molar-refractivity contribution in [2.75, 3.05) is 11.9 Å². The lowest BCUT2D eigenvalue weighted by molar-refractivity contribution is -0.118. The molecule has 0 atom stereocenters. The first-order chi connectivity index (χ1) is 11.5. The van der Waals surface area contributed by atoms with Gasteiger partial charge < -0.3 is 10.1 Å². The van der Waals surface area contributed by atoms with E-state index < -0.39 is 0 Å². The van der Waals surface area contributed by atoms with Crippen LogP contribution >= 0.6 is 0 Å². The molecule has 0 saturated carbocycles. The van der Waals surface area contributed by atoms with Crippen LogP contribution in [0.4, 0.5) is 5.69 Å². The number of benzene rings is 1. The van der Waals surface area contributed by atoms with Crippen molar-refractivity contribution in [3.8, 4) is 5.75 Å². The number of ether oxygens (including phenoxy) is 1. The van der Waals surface area contributed by atoms with Crippen molar-refractivity contribution in [2.45, 2.75) is 26.8 Å². The number of pyridine rings is 1. The maximum absolute atomic E-state index is 12.0. The fraction of sp³-hybridized carbons (Fsp3) is 0.278. The van der Waals surface area contributed by atoms with Crippen LogP contribution in [-0.4, -0.2) is 27.3 Å². The maximum Gasteiger partial charge on any atom is 0.262 e. The number of hydrogen-bond acceptors (Lipinski definition) is 4. The first kappa shape index (κ1) is 16.0. The lowest BCUT2D eigenvalue weighted by atomic mass is 10.2. The average Bonchev–Trinajstić information content (AvgIpc) is 2.97. The van der Waals surface area contributed by atoms with Gasteiger partial charge in [-0.3, -0.25) is 4.79 Å². The van der Waals surface area contributed by atoms with Gasteiger partial charge in [0.05, 0.1) is 18.1 Å². The summed E-state index contributed by atoms with van der Waals surface area (Å²) < 4.78 is 7.32. The topological polar surface area (TPSA) is 69.0 Å². The van der Waals surface area contributed by atoms with E-state index in [2.05, 4.69) is 15.4 Å². The number of aromatic nitrogens is 3. The molecule has 24 heavy (non-hydrogen) atoms. The molecule has 124 valence electrons. The molecular formula is C18H20N4O2. The molecule has 0 aliphatic carbocycles. The summed E-state index contributed by atoms with van der Waals surface area (Å²) in [6.45, 7) is 6.05. The van der Waals surface area contributed by atoms with E-state index in [0.29, 0.717) is 11.4 Å². The standard InChI is InChI=1S/C18H20N4O2/c1-12(2)22-18-14(9-20-22)8-15(10-19-18)21-17(23)11-24-16-6-4-13(3)5-7-16/h4-10,12H,11H2,1-3H3,(H,21,23). The smallest absolute Gasteiger partial charge is 0.262 e. The van der Waals surface area contributed by atoms with Gasteiger partial charge in [0.2, 0.25) is 0 Å². The van der Waals surface area contributed by atoms with Crippen molar-refractivity contribution in [2.24, 2.45) is 0 Å². The fourth-order valence-corrected chi connectivity index (χ4v) is 2.37. The molecule has 0 aliphatic rings. The molecule has 6 nitrogen and oxygen atoms in total. The van der Waals surface area contributed by atoms with Crippen molar-refractivity contribution in [1.29, 1.82) is 0 Å². The Morgan fingerprint density at radius 3 is 2.71 bits per heavy atom. The van der Waals surface area contributed by atoms with E-state index in [0.717, 1.165) is 16.6 Å². The second-order valence-corrected chi connectivity index (χ2v) is 5.97. The number of carbonyl (C=O) groups is 1. The van der Waals surface area contributed by atoms with Gasteiger partial charge in [-0.05, 0) is 39.0 Å². The van der Waals surface area contributed by atoms with Crippen molar-refractivity contribution >= 4 is 22.6 Å². The van der Waals surface area contributed by atoms with Crippen molar-refractivity contribution in [3.05, 3.63) is 48.3 Å². The van der Waals surface area contributed by atoms with Gasteiger partial charge in [0.1, 0.15) is 5.75 Å². The lowest BCUT2D eigenvalue weighted by Crippen LogP contribution is -2.20. The van der Waals surface area contributed by atoms with E-state index in [9.17, 15) is 4.79 Å². The van der Waals surface area contributed by atoms with E-state index in [1.54, 1.807) is 12.4 Å². The van der Waals surface area contributed by atoms with Crippen LogP contribution in [0.15, 0.2) is 42.7 Å². The highest BCUT2D eigenvalue weighted by atomic mass is 16.5. The molecule has 0 saturated heterocycles. The molecule has 2 heterocycles. The third-order valence-electron chi connectivity index (χ3n) is 3.60. The summed E-state index contributed by atoms with van der Waals surface area (Å²) >= 11 is 0. The van der Waals surface area contributed by atoms with Gasteiger partial charge in [0.25, 0.3) is 5.91 Å². The summed E-state index contributed by atoms with van der Waals surface area (Å²) in [4.78, 5) is 16.4. The largest absolute Gasteiger partial charge is 0.484 e. The van der Waals surface area contributed by atoms with Gasteiger partial charge >= 0.3 is 0 Å². The third kappa shape index (κ3) is 3.53. The molecule has 1 amide bonds. The molecule has 0 spiro atoms. The van der Waals surface area contributed by atoms with E-state index in [1.165, 1.54) is 0 Å². The number of nitrogens with zero attached hydrogens (tertiary/aromatic N) is 3. The number of aryl methyl sites for hydroxylation is 1. The molecule has 1 N–H and O–H groups in total. The third-order valence-corrected chi connectivity index (χ3v) is 3.60. The van der Waals surface area contributed by atoms with Crippen LogP contribution in [0.25, 0.3) is 11.0 Å². The summed E-state index contributed by atoms with van der Waals surface area (Å²) in [6, 6.07) is 9.67. The summed E-state index contributed by atoms with van der Waals surface area (Å²) in [6.07, 6.45) is 3.38. The number of rotatable bonds is 5.